The van der Waals surface area contributed by atoms with Crippen LogP contribution >= 0.6 is 39.9 Å². The minimum atomic E-state index is 0. The average molecular weight is 1150 g/mol. The minimum Gasteiger partial charge on any atom is -0.399 e. The Kier molecular flexibility index (Phi) is 14.8. The van der Waals surface area contributed by atoms with E-state index in [9.17, 15) is 0 Å². The first-order valence-corrected chi connectivity index (χ1v) is 28.3. The van der Waals surface area contributed by atoms with Gasteiger partial charge >= 0.3 is 0 Å². The standard InChI is InChI=1S/C35H35N.C18H15N.C17H21Br.HI/c1-24-17-32(35-21-25-18-26(22-35)20-27(19-25)23-35)13-16-34(24)36-33-14-11-31(12-15-33)30-9-7-29(8-10-30)28-5-3-2-4-6-28;19-18-12-10-17(11-13-18)16-8-6-15(7-9-16)14-4-2-1-3-5-14;1-11-4-15(2-3-16(11)18)17-8-12-5-13(9-17)7-14(6-12)10-17;/h2-17,25-27,36H,18-23H2,1H3;1-13H,19H2;2-4,12-14H,5-10H2,1H3;1H. The molecule has 8 saturated carbocycles. The maximum atomic E-state index is 5.70. The fourth-order valence-corrected chi connectivity index (χ4v) is 15.8. The molecule has 0 radical (unpaired) electrons. The number of nitrogen functional groups attached to an aromatic ring is 1. The summed E-state index contributed by atoms with van der Waals surface area (Å²) in [4.78, 5) is 0. The SMILES string of the molecule is Cc1cc(C23CC4CC(CC(C4)C2)C3)ccc1Br.Cc1cc(C23CC4CC(CC(C4)C2)C3)ccc1Nc1ccc(-c2ccc(-c3ccccc3)cc2)cc1.I.Nc1ccc(-c2ccc(-c3ccccc3)cc2)cc1. The third kappa shape index (κ3) is 10.8. The van der Waals surface area contributed by atoms with E-state index in [0.717, 1.165) is 46.9 Å². The zero-order chi connectivity index (χ0) is 49.5. The maximum absolute atomic E-state index is 5.70. The lowest BCUT2D eigenvalue weighted by Gasteiger charge is -2.57. The van der Waals surface area contributed by atoms with Crippen LogP contribution in [0.25, 0.3) is 44.5 Å². The van der Waals surface area contributed by atoms with Crippen molar-refractivity contribution in [1.82, 2.24) is 0 Å². The molecule has 2 nitrogen and oxygen atoms in total. The lowest BCUT2D eigenvalue weighted by molar-refractivity contribution is -0.00533. The highest BCUT2D eigenvalue weighted by Gasteiger charge is 2.52. The van der Waals surface area contributed by atoms with E-state index in [0.29, 0.717) is 10.8 Å². The van der Waals surface area contributed by atoms with Crippen molar-refractivity contribution in [3.8, 4) is 44.5 Å². The average Bonchev–Trinajstić information content (AvgIpc) is 3.42. The Labute approximate surface area is 467 Å². The van der Waals surface area contributed by atoms with Crippen molar-refractivity contribution in [3.05, 3.63) is 221 Å². The van der Waals surface area contributed by atoms with E-state index in [1.54, 1.807) is 11.1 Å². The van der Waals surface area contributed by atoms with E-state index >= 15 is 0 Å². The van der Waals surface area contributed by atoms with Gasteiger partial charge in [0.2, 0.25) is 0 Å². The van der Waals surface area contributed by atoms with Crippen LogP contribution in [0.3, 0.4) is 0 Å². The zero-order valence-electron chi connectivity index (χ0n) is 43.3. The summed E-state index contributed by atoms with van der Waals surface area (Å²) in [6.45, 7) is 4.50. The van der Waals surface area contributed by atoms with Gasteiger partial charge in [-0.15, -0.1) is 24.0 Å². The summed E-state index contributed by atoms with van der Waals surface area (Å²) in [5.41, 5.74) is 25.8. The maximum Gasteiger partial charge on any atom is 0.0414 e. The van der Waals surface area contributed by atoms with E-state index in [-0.39, 0.29) is 24.0 Å². The second kappa shape index (κ2) is 21.7. The molecular formula is C70H72BrIN2. The molecule has 0 spiro atoms. The zero-order valence-corrected chi connectivity index (χ0v) is 47.2. The molecule has 0 saturated heterocycles. The Bertz CT molecular complexity index is 3090. The molecule has 16 rings (SSSR count). The van der Waals surface area contributed by atoms with Crippen molar-refractivity contribution in [3.63, 3.8) is 0 Å². The molecule has 0 heterocycles. The summed E-state index contributed by atoms with van der Waals surface area (Å²) in [6, 6.07) is 69.6. The molecule has 376 valence electrons. The van der Waals surface area contributed by atoms with Gasteiger partial charge in [-0.3, -0.25) is 0 Å². The first-order valence-electron chi connectivity index (χ1n) is 27.5. The number of nitrogens with two attached hydrogens (primary N) is 1. The topological polar surface area (TPSA) is 38.0 Å². The molecule has 0 unspecified atom stereocenters. The Morgan fingerprint density at radius 3 is 1.04 bits per heavy atom. The number of aryl methyl sites for hydroxylation is 2. The number of rotatable bonds is 8. The number of anilines is 3. The van der Waals surface area contributed by atoms with Gasteiger partial charge in [0.15, 0.2) is 0 Å². The molecule has 74 heavy (non-hydrogen) atoms. The van der Waals surface area contributed by atoms with Crippen LogP contribution in [-0.4, -0.2) is 0 Å². The van der Waals surface area contributed by atoms with Gasteiger partial charge in [-0.25, -0.2) is 0 Å². The van der Waals surface area contributed by atoms with E-state index in [4.69, 9.17) is 5.73 Å². The van der Waals surface area contributed by atoms with Crippen molar-refractivity contribution in [2.24, 2.45) is 35.5 Å². The summed E-state index contributed by atoms with van der Waals surface area (Å²) >= 11 is 3.64. The van der Waals surface area contributed by atoms with Crippen molar-refractivity contribution < 1.29 is 0 Å². The molecule has 0 aliphatic heterocycles. The predicted octanol–water partition coefficient (Wildman–Crippen LogP) is 20.0. The number of halogens is 2. The van der Waals surface area contributed by atoms with E-state index in [2.05, 4.69) is 199 Å². The van der Waals surface area contributed by atoms with Crippen LogP contribution in [0.2, 0.25) is 0 Å². The molecule has 0 amide bonds. The first kappa shape index (κ1) is 50.7. The Morgan fingerprint density at radius 2 is 0.689 bits per heavy atom. The second-order valence-corrected chi connectivity index (χ2v) is 24.5. The van der Waals surface area contributed by atoms with E-state index < -0.39 is 0 Å². The molecule has 4 heteroatoms. The molecule has 0 aromatic heterocycles. The van der Waals surface area contributed by atoms with Gasteiger partial charge in [-0.2, -0.15) is 0 Å². The van der Waals surface area contributed by atoms with Gasteiger partial charge in [0.1, 0.15) is 0 Å². The molecule has 8 fully saturated rings. The second-order valence-electron chi connectivity index (χ2n) is 23.6. The quantitative estimate of drug-likeness (QED) is 0.118. The smallest absolute Gasteiger partial charge is 0.0414 e. The van der Waals surface area contributed by atoms with Crippen LogP contribution in [-0.2, 0) is 10.8 Å². The van der Waals surface area contributed by atoms with Crippen molar-refractivity contribution >= 4 is 57.0 Å². The minimum absolute atomic E-state index is 0. The van der Waals surface area contributed by atoms with Gasteiger partial charge in [0.05, 0.1) is 0 Å². The summed E-state index contributed by atoms with van der Waals surface area (Å²) < 4.78 is 1.26. The monoisotopic (exact) mass is 1150 g/mol. The van der Waals surface area contributed by atoms with Gasteiger partial charge in [-0.1, -0.05) is 174 Å². The van der Waals surface area contributed by atoms with Crippen molar-refractivity contribution in [1.29, 1.82) is 0 Å². The Morgan fingerprint density at radius 1 is 0.378 bits per heavy atom. The lowest BCUT2D eigenvalue weighted by Crippen LogP contribution is -2.48. The fraction of sp³-hybridized carbons (Fsp3) is 0.314. The normalized spacial score (nSPS) is 25.4. The third-order valence-corrected chi connectivity index (χ3v) is 19.3. The van der Waals surface area contributed by atoms with Gasteiger partial charge in [-0.05, 0) is 240 Å². The Balaban J connectivity index is 0.000000130. The molecule has 8 bridgehead atoms. The van der Waals surface area contributed by atoms with Crippen LogP contribution in [0, 0.1) is 49.4 Å². The van der Waals surface area contributed by atoms with Gasteiger partial charge < -0.3 is 11.1 Å². The highest BCUT2D eigenvalue weighted by molar-refractivity contribution is 14.0. The molecule has 8 aromatic rings. The van der Waals surface area contributed by atoms with Crippen LogP contribution in [0.5, 0.6) is 0 Å². The first-order chi connectivity index (χ1) is 35.6. The molecule has 8 aliphatic carbocycles. The fourth-order valence-electron chi connectivity index (χ4n) is 15.6. The van der Waals surface area contributed by atoms with E-state index in [1.165, 1.54) is 143 Å². The highest BCUT2D eigenvalue weighted by atomic mass is 127. The van der Waals surface area contributed by atoms with Crippen LogP contribution in [0.1, 0.15) is 99.3 Å². The summed E-state index contributed by atoms with van der Waals surface area (Å²) in [7, 11) is 0. The largest absolute Gasteiger partial charge is 0.399 e. The van der Waals surface area contributed by atoms with Crippen LogP contribution in [0.15, 0.2) is 199 Å². The Hall–Kier alpha value is -5.43. The predicted molar refractivity (Wildman–Crippen MR) is 327 cm³/mol. The van der Waals surface area contributed by atoms with Crippen LogP contribution < -0.4 is 11.1 Å². The number of nitrogens with one attached hydrogen (secondary N) is 1. The van der Waals surface area contributed by atoms with Gasteiger partial charge in [0, 0.05) is 21.5 Å². The van der Waals surface area contributed by atoms with Crippen molar-refractivity contribution in [2.75, 3.05) is 11.1 Å². The number of benzene rings is 8. The molecular weight excluding hydrogens is 1080 g/mol. The number of hydrogen-bond acceptors (Lipinski definition) is 2. The van der Waals surface area contributed by atoms with Crippen LogP contribution in [0.4, 0.5) is 17.1 Å². The van der Waals surface area contributed by atoms with Crippen molar-refractivity contribution in [2.45, 2.75) is 102 Å². The molecule has 8 aromatic carbocycles. The van der Waals surface area contributed by atoms with Gasteiger partial charge in [0.25, 0.3) is 0 Å². The summed E-state index contributed by atoms with van der Waals surface area (Å²) in [5, 5.41) is 3.68. The number of hydrogen-bond donors (Lipinski definition) is 2. The van der Waals surface area contributed by atoms with E-state index in [1.807, 2.05) is 30.3 Å². The summed E-state index contributed by atoms with van der Waals surface area (Å²) in [5.74, 6) is 6.09. The third-order valence-electron chi connectivity index (χ3n) is 18.4. The summed E-state index contributed by atoms with van der Waals surface area (Å²) in [6.07, 6.45) is 17.8. The molecule has 8 aliphatic rings. The molecule has 3 N–H and O–H groups in total. The highest BCUT2D eigenvalue weighted by Crippen LogP contribution is 2.62. The molecule has 0 atom stereocenters. The lowest BCUT2D eigenvalue weighted by atomic mass is 9.48.